The Morgan fingerprint density at radius 3 is 2.95 bits per heavy atom. The van der Waals surface area contributed by atoms with Crippen molar-refractivity contribution in [3.05, 3.63) is 66.1 Å². The van der Waals surface area contributed by atoms with Crippen LogP contribution in [-0.2, 0) is 6.54 Å². The van der Waals surface area contributed by atoms with Crippen molar-refractivity contribution in [2.45, 2.75) is 13.5 Å². The molecular formula is C15H14N6O. The average Bonchev–Trinajstić information content (AvgIpc) is 3.07. The lowest BCUT2D eigenvalue weighted by molar-refractivity contribution is 0.0945. The van der Waals surface area contributed by atoms with E-state index in [4.69, 9.17) is 0 Å². The topological polar surface area (TPSA) is 85.6 Å². The summed E-state index contributed by atoms with van der Waals surface area (Å²) >= 11 is 0. The van der Waals surface area contributed by atoms with Crippen LogP contribution in [0.1, 0.15) is 21.7 Å². The number of carbonyl (C=O) groups excluding carboxylic acids is 1. The van der Waals surface area contributed by atoms with Crippen molar-refractivity contribution in [3.63, 3.8) is 0 Å². The second-order valence-electron chi connectivity index (χ2n) is 4.67. The van der Waals surface area contributed by atoms with E-state index in [9.17, 15) is 4.79 Å². The van der Waals surface area contributed by atoms with E-state index >= 15 is 0 Å². The van der Waals surface area contributed by atoms with E-state index in [2.05, 4.69) is 25.4 Å². The molecule has 3 aromatic rings. The third-order valence-electron chi connectivity index (χ3n) is 3.06. The van der Waals surface area contributed by atoms with E-state index in [1.165, 1.54) is 6.33 Å². The number of hydrogen-bond donors (Lipinski definition) is 1. The SMILES string of the molecule is Cc1cccc(C(=O)NCc2cccnc2-n2cncn2)n1. The molecule has 0 aromatic carbocycles. The Labute approximate surface area is 127 Å². The van der Waals surface area contributed by atoms with Crippen molar-refractivity contribution in [1.82, 2.24) is 30.0 Å². The Balaban J connectivity index is 1.76. The molecule has 110 valence electrons. The van der Waals surface area contributed by atoms with Crippen LogP contribution in [0.25, 0.3) is 5.82 Å². The van der Waals surface area contributed by atoms with Gasteiger partial charge in [-0.15, -0.1) is 0 Å². The molecule has 0 spiro atoms. The molecule has 0 fully saturated rings. The van der Waals surface area contributed by atoms with E-state index in [1.807, 2.05) is 31.2 Å². The fraction of sp³-hybridized carbons (Fsp3) is 0.133. The zero-order valence-corrected chi connectivity index (χ0v) is 12.0. The molecule has 3 heterocycles. The van der Waals surface area contributed by atoms with Crippen LogP contribution in [0.5, 0.6) is 0 Å². The first-order chi connectivity index (χ1) is 10.7. The maximum absolute atomic E-state index is 12.1. The summed E-state index contributed by atoms with van der Waals surface area (Å²) in [6.45, 7) is 2.18. The third-order valence-corrected chi connectivity index (χ3v) is 3.06. The van der Waals surface area contributed by atoms with Crippen LogP contribution in [-0.4, -0.2) is 30.6 Å². The van der Waals surface area contributed by atoms with Gasteiger partial charge in [0.05, 0.1) is 0 Å². The molecule has 0 saturated carbocycles. The zero-order chi connectivity index (χ0) is 15.4. The van der Waals surface area contributed by atoms with E-state index in [-0.39, 0.29) is 5.91 Å². The second kappa shape index (κ2) is 6.13. The molecule has 0 aliphatic carbocycles. The molecule has 0 radical (unpaired) electrons. The minimum absolute atomic E-state index is 0.225. The second-order valence-corrected chi connectivity index (χ2v) is 4.67. The van der Waals surface area contributed by atoms with E-state index in [0.29, 0.717) is 18.1 Å². The van der Waals surface area contributed by atoms with Crippen molar-refractivity contribution in [2.24, 2.45) is 0 Å². The van der Waals surface area contributed by atoms with Gasteiger partial charge in [0.15, 0.2) is 5.82 Å². The highest BCUT2D eigenvalue weighted by molar-refractivity contribution is 5.92. The summed E-state index contributed by atoms with van der Waals surface area (Å²) in [7, 11) is 0. The number of pyridine rings is 2. The number of rotatable bonds is 4. The standard InChI is InChI=1S/C15H14N6O/c1-11-4-2-6-13(20-11)15(22)18-8-12-5-3-7-17-14(12)21-10-16-9-19-21/h2-7,9-10H,8H2,1H3,(H,18,22). The highest BCUT2D eigenvalue weighted by atomic mass is 16.1. The van der Waals surface area contributed by atoms with Crippen LogP contribution in [0.15, 0.2) is 49.2 Å². The molecular weight excluding hydrogens is 280 g/mol. The molecule has 1 N–H and O–H groups in total. The Kier molecular flexibility index (Phi) is 3.86. The predicted molar refractivity (Wildman–Crippen MR) is 79.3 cm³/mol. The summed E-state index contributed by atoms with van der Waals surface area (Å²) in [5, 5.41) is 6.90. The quantitative estimate of drug-likeness (QED) is 0.783. The van der Waals surface area contributed by atoms with Crippen molar-refractivity contribution in [1.29, 1.82) is 0 Å². The van der Waals surface area contributed by atoms with E-state index < -0.39 is 0 Å². The van der Waals surface area contributed by atoms with Crippen LogP contribution in [0.2, 0.25) is 0 Å². The number of aryl methyl sites for hydroxylation is 1. The first kappa shape index (κ1) is 13.9. The highest BCUT2D eigenvalue weighted by Crippen LogP contribution is 2.09. The lowest BCUT2D eigenvalue weighted by Gasteiger charge is -2.09. The largest absolute Gasteiger partial charge is 0.346 e. The number of amides is 1. The van der Waals surface area contributed by atoms with Crippen molar-refractivity contribution in [2.75, 3.05) is 0 Å². The minimum atomic E-state index is -0.225. The van der Waals surface area contributed by atoms with E-state index in [1.54, 1.807) is 23.3 Å². The molecule has 22 heavy (non-hydrogen) atoms. The first-order valence-electron chi connectivity index (χ1n) is 6.75. The van der Waals surface area contributed by atoms with Gasteiger partial charge in [-0.2, -0.15) is 5.10 Å². The van der Waals surface area contributed by atoms with Gasteiger partial charge in [0, 0.05) is 24.0 Å². The molecule has 0 unspecified atom stereocenters. The Hall–Kier alpha value is -3.09. The smallest absolute Gasteiger partial charge is 0.270 e. The summed E-state index contributed by atoms with van der Waals surface area (Å²) in [6, 6.07) is 9.04. The average molecular weight is 294 g/mol. The molecule has 3 rings (SSSR count). The molecule has 0 bridgehead atoms. The van der Waals surface area contributed by atoms with Gasteiger partial charge in [-0.25, -0.2) is 19.6 Å². The summed E-state index contributed by atoms with van der Waals surface area (Å²) in [4.78, 5) is 24.5. The summed E-state index contributed by atoms with van der Waals surface area (Å²) in [5.41, 5.74) is 2.04. The van der Waals surface area contributed by atoms with Crippen LogP contribution >= 0.6 is 0 Å². The van der Waals surface area contributed by atoms with Crippen molar-refractivity contribution >= 4 is 5.91 Å². The van der Waals surface area contributed by atoms with Crippen molar-refractivity contribution < 1.29 is 4.79 Å². The Bertz CT molecular complexity index is 784. The van der Waals surface area contributed by atoms with E-state index in [0.717, 1.165) is 11.3 Å². The number of aromatic nitrogens is 5. The normalized spacial score (nSPS) is 10.4. The molecule has 7 nitrogen and oxygen atoms in total. The summed E-state index contributed by atoms with van der Waals surface area (Å²) in [5.74, 6) is 0.412. The molecule has 0 aliphatic rings. The molecule has 0 atom stereocenters. The number of nitrogens with one attached hydrogen (secondary N) is 1. The van der Waals surface area contributed by atoms with Gasteiger partial charge in [0.1, 0.15) is 18.3 Å². The number of hydrogen-bond acceptors (Lipinski definition) is 5. The van der Waals surface area contributed by atoms with Crippen LogP contribution < -0.4 is 5.32 Å². The molecule has 0 saturated heterocycles. The summed E-state index contributed by atoms with van der Waals surface area (Å²) < 4.78 is 1.56. The Morgan fingerprint density at radius 1 is 1.27 bits per heavy atom. The molecule has 7 heteroatoms. The maximum atomic E-state index is 12.1. The van der Waals surface area contributed by atoms with Gasteiger partial charge in [-0.3, -0.25) is 4.79 Å². The van der Waals surface area contributed by atoms with Crippen LogP contribution in [0.3, 0.4) is 0 Å². The summed E-state index contributed by atoms with van der Waals surface area (Å²) in [6.07, 6.45) is 4.67. The van der Waals surface area contributed by atoms with Gasteiger partial charge in [0.2, 0.25) is 0 Å². The number of nitrogens with zero attached hydrogens (tertiary/aromatic N) is 5. The molecule has 1 amide bonds. The molecule has 3 aromatic heterocycles. The highest BCUT2D eigenvalue weighted by Gasteiger charge is 2.10. The lowest BCUT2D eigenvalue weighted by atomic mass is 10.2. The van der Waals surface area contributed by atoms with Crippen LogP contribution in [0.4, 0.5) is 0 Å². The fourth-order valence-corrected chi connectivity index (χ4v) is 2.03. The third kappa shape index (κ3) is 2.98. The Morgan fingerprint density at radius 2 is 2.18 bits per heavy atom. The predicted octanol–water partition coefficient (Wildman–Crippen LogP) is 1.30. The lowest BCUT2D eigenvalue weighted by Crippen LogP contribution is -2.24. The first-order valence-corrected chi connectivity index (χ1v) is 6.75. The van der Waals surface area contributed by atoms with Gasteiger partial charge < -0.3 is 5.32 Å². The van der Waals surface area contributed by atoms with Gasteiger partial charge in [-0.05, 0) is 25.1 Å². The van der Waals surface area contributed by atoms with Crippen molar-refractivity contribution in [3.8, 4) is 5.82 Å². The monoisotopic (exact) mass is 294 g/mol. The molecule has 0 aliphatic heterocycles. The van der Waals surface area contributed by atoms with Gasteiger partial charge >= 0.3 is 0 Å². The van der Waals surface area contributed by atoms with Crippen LogP contribution in [0, 0.1) is 6.92 Å². The number of carbonyl (C=O) groups is 1. The fourth-order valence-electron chi connectivity index (χ4n) is 2.03. The minimum Gasteiger partial charge on any atom is -0.346 e. The zero-order valence-electron chi connectivity index (χ0n) is 12.0. The van der Waals surface area contributed by atoms with Gasteiger partial charge in [0.25, 0.3) is 5.91 Å². The van der Waals surface area contributed by atoms with Gasteiger partial charge in [-0.1, -0.05) is 12.1 Å². The maximum Gasteiger partial charge on any atom is 0.270 e.